The molecular formula is C45H59N7O12. The number of carbonyl (C=O) groups is 7. The predicted molar refractivity (Wildman–Crippen MR) is 235 cm³/mol. The van der Waals surface area contributed by atoms with Gasteiger partial charge in [0.05, 0.1) is 26.4 Å². The molecule has 12 N–H and O–H groups in total. The number of aliphatic hydroxyl groups excluding tert-OH is 2. The first-order chi connectivity index (χ1) is 30.5. The van der Waals surface area contributed by atoms with Crippen molar-refractivity contribution >= 4 is 47.5 Å². The van der Waals surface area contributed by atoms with Crippen molar-refractivity contribution < 1.29 is 58.7 Å². The van der Waals surface area contributed by atoms with Crippen molar-refractivity contribution in [3.63, 3.8) is 0 Å². The third-order valence-electron chi connectivity index (χ3n) is 10.0. The lowest BCUT2D eigenvalue weighted by molar-refractivity contribution is -0.141. The van der Waals surface area contributed by atoms with E-state index in [-0.39, 0.29) is 43.9 Å². The Morgan fingerprint density at radius 1 is 0.719 bits per heavy atom. The minimum Gasteiger partial charge on any atom is -0.508 e. The topological polar surface area (TPSA) is 308 Å². The number of aliphatic carboxylic acids is 1. The molecule has 0 radical (unpaired) electrons. The van der Waals surface area contributed by atoms with Crippen molar-refractivity contribution in [1.29, 1.82) is 0 Å². The molecule has 3 aromatic carbocycles. The second-order valence-electron chi connectivity index (χ2n) is 15.2. The molecule has 0 spiro atoms. The van der Waals surface area contributed by atoms with Crippen molar-refractivity contribution in [2.24, 2.45) is 11.7 Å². The first-order valence-electron chi connectivity index (χ1n) is 20.6. The molecule has 64 heavy (non-hydrogen) atoms. The van der Waals surface area contributed by atoms with Gasteiger partial charge in [-0.3, -0.25) is 28.8 Å². The number of rotatable bonds is 26. The van der Waals surface area contributed by atoms with Crippen LogP contribution in [-0.4, -0.2) is 125 Å². The summed E-state index contributed by atoms with van der Waals surface area (Å²) in [4.78, 5) is 90.1. The Bertz CT molecular complexity index is 2030. The smallest absolute Gasteiger partial charge is 0.326 e. The number of amides is 6. The average molecular weight is 890 g/mol. The second kappa shape index (κ2) is 26.6. The van der Waals surface area contributed by atoms with Crippen LogP contribution >= 0.6 is 0 Å². The summed E-state index contributed by atoms with van der Waals surface area (Å²) in [6.07, 6.45) is 2.31. The van der Waals surface area contributed by atoms with Gasteiger partial charge >= 0.3 is 5.97 Å². The van der Waals surface area contributed by atoms with Crippen LogP contribution in [0.3, 0.4) is 0 Å². The number of aromatic hydroxyl groups is 1. The van der Waals surface area contributed by atoms with Gasteiger partial charge in [0.25, 0.3) is 0 Å². The third-order valence-corrected chi connectivity index (χ3v) is 10.0. The highest BCUT2D eigenvalue weighted by Crippen LogP contribution is 2.15. The SMILES string of the molecule is COc1ccc(C[C@@H](NC(=O)[C@@H](NC(=O)[C@@H](CO)NC(=O)CC(N)C(C)CC=Cc2ccccc2)C(C)O)C(=O)NCC(=O)NCCC(=O)N[C@H](Cc2ccc(O)cc2)C(=O)O)cc1. The van der Waals surface area contributed by atoms with Crippen molar-refractivity contribution in [3.8, 4) is 11.5 Å². The van der Waals surface area contributed by atoms with Crippen LogP contribution in [0, 0.1) is 5.92 Å². The molecule has 0 aliphatic rings. The summed E-state index contributed by atoms with van der Waals surface area (Å²) in [5, 5.41) is 54.1. The lowest BCUT2D eigenvalue weighted by atomic mass is 9.95. The number of phenols is 1. The summed E-state index contributed by atoms with van der Waals surface area (Å²) in [6.45, 7) is 1.44. The molecule has 346 valence electrons. The largest absolute Gasteiger partial charge is 0.508 e. The number of phenolic OH excluding ortho intramolecular Hbond substituents is 1. The molecule has 3 unspecified atom stereocenters. The van der Waals surface area contributed by atoms with Gasteiger partial charge in [0.1, 0.15) is 35.7 Å². The number of aliphatic hydroxyl groups is 2. The molecule has 6 amide bonds. The molecule has 0 bridgehead atoms. The van der Waals surface area contributed by atoms with E-state index in [1.54, 1.807) is 24.3 Å². The van der Waals surface area contributed by atoms with Gasteiger partial charge in [-0.1, -0.05) is 73.7 Å². The average Bonchev–Trinajstić information content (AvgIpc) is 3.26. The van der Waals surface area contributed by atoms with Crippen LogP contribution in [0.2, 0.25) is 0 Å². The Hall–Kier alpha value is -6.83. The predicted octanol–water partition coefficient (Wildman–Crippen LogP) is -0.338. The number of methoxy groups -OCH3 is 1. The zero-order valence-corrected chi connectivity index (χ0v) is 36.0. The number of carboxylic acids is 1. The summed E-state index contributed by atoms with van der Waals surface area (Å²) in [7, 11) is 1.47. The number of carboxylic acid groups (broad SMARTS) is 1. The molecule has 3 aromatic rings. The fourth-order valence-corrected chi connectivity index (χ4v) is 6.15. The summed E-state index contributed by atoms with van der Waals surface area (Å²) in [5.74, 6) is -5.71. The molecule has 0 saturated heterocycles. The zero-order valence-electron chi connectivity index (χ0n) is 36.0. The Morgan fingerprint density at radius 2 is 1.33 bits per heavy atom. The Kier molecular flexibility index (Phi) is 21.4. The van der Waals surface area contributed by atoms with E-state index in [1.807, 2.05) is 49.4 Å². The van der Waals surface area contributed by atoms with Crippen LogP contribution in [-0.2, 0) is 46.4 Å². The van der Waals surface area contributed by atoms with Gasteiger partial charge in [-0.2, -0.15) is 0 Å². The highest BCUT2D eigenvalue weighted by molar-refractivity contribution is 5.95. The van der Waals surface area contributed by atoms with Gasteiger partial charge in [-0.25, -0.2) is 4.79 Å². The molecule has 0 aliphatic heterocycles. The van der Waals surface area contributed by atoms with Crippen LogP contribution in [0.25, 0.3) is 6.08 Å². The van der Waals surface area contributed by atoms with E-state index in [9.17, 15) is 54.0 Å². The van der Waals surface area contributed by atoms with E-state index in [0.29, 0.717) is 23.3 Å². The highest BCUT2D eigenvalue weighted by Gasteiger charge is 2.33. The van der Waals surface area contributed by atoms with E-state index >= 15 is 0 Å². The minimum absolute atomic E-state index is 0.000974. The molecule has 3 rings (SSSR count). The van der Waals surface area contributed by atoms with E-state index in [2.05, 4.69) is 31.9 Å². The number of hydrogen-bond acceptors (Lipinski definition) is 12. The fraction of sp³-hybridized carbons (Fsp3) is 0.400. The van der Waals surface area contributed by atoms with Crippen LogP contribution < -0.4 is 42.4 Å². The summed E-state index contributed by atoms with van der Waals surface area (Å²) in [6, 6.07) is 15.6. The fourth-order valence-electron chi connectivity index (χ4n) is 6.15. The van der Waals surface area contributed by atoms with Crippen LogP contribution in [0.15, 0.2) is 84.9 Å². The molecule has 19 heteroatoms. The maximum atomic E-state index is 13.6. The van der Waals surface area contributed by atoms with E-state index in [1.165, 1.54) is 38.3 Å². The van der Waals surface area contributed by atoms with Crippen molar-refractivity contribution in [3.05, 3.63) is 102 Å². The van der Waals surface area contributed by atoms with Gasteiger partial charge in [0.2, 0.25) is 35.4 Å². The summed E-state index contributed by atoms with van der Waals surface area (Å²) < 4.78 is 5.19. The molecule has 0 aromatic heterocycles. The number of ether oxygens (including phenoxy) is 1. The minimum atomic E-state index is -1.67. The monoisotopic (exact) mass is 889 g/mol. The van der Waals surface area contributed by atoms with Gasteiger partial charge < -0.3 is 62.8 Å². The molecule has 0 heterocycles. The van der Waals surface area contributed by atoms with Crippen LogP contribution in [0.4, 0.5) is 0 Å². The highest BCUT2D eigenvalue weighted by atomic mass is 16.5. The number of hydrogen-bond donors (Lipinski definition) is 11. The van der Waals surface area contributed by atoms with Crippen molar-refractivity contribution in [1.82, 2.24) is 31.9 Å². The van der Waals surface area contributed by atoms with Gasteiger partial charge in [0, 0.05) is 38.3 Å². The van der Waals surface area contributed by atoms with Crippen LogP contribution in [0.5, 0.6) is 11.5 Å². The molecule has 19 nitrogen and oxygen atoms in total. The number of nitrogens with two attached hydrogens (primary N) is 1. The normalized spacial score (nSPS) is 14.3. The van der Waals surface area contributed by atoms with Crippen molar-refractivity contribution in [2.75, 3.05) is 26.8 Å². The molecule has 7 atom stereocenters. The van der Waals surface area contributed by atoms with Gasteiger partial charge in [-0.05, 0) is 60.2 Å². The van der Waals surface area contributed by atoms with Gasteiger partial charge in [0.15, 0.2) is 0 Å². The lowest BCUT2D eigenvalue weighted by Gasteiger charge is -2.26. The Labute approximate surface area is 371 Å². The number of carbonyl (C=O) groups excluding carboxylic acids is 6. The number of nitrogens with one attached hydrogen (secondary N) is 6. The van der Waals surface area contributed by atoms with E-state index in [4.69, 9.17) is 10.5 Å². The number of allylic oxidation sites excluding steroid dienone is 1. The molecule has 0 saturated carbocycles. The summed E-state index contributed by atoms with van der Waals surface area (Å²) >= 11 is 0. The zero-order chi connectivity index (χ0) is 47.2. The molecule has 0 fully saturated rings. The van der Waals surface area contributed by atoms with Gasteiger partial charge in [-0.15, -0.1) is 0 Å². The molecular weight excluding hydrogens is 831 g/mol. The second-order valence-corrected chi connectivity index (χ2v) is 15.2. The van der Waals surface area contributed by atoms with Crippen molar-refractivity contribution in [2.45, 2.75) is 82.3 Å². The van der Waals surface area contributed by atoms with Crippen LogP contribution in [0.1, 0.15) is 49.8 Å². The quantitative estimate of drug-likeness (QED) is 0.0493. The van der Waals surface area contributed by atoms with E-state index < -0.39 is 90.9 Å². The molecule has 0 aliphatic carbocycles. The lowest BCUT2D eigenvalue weighted by Crippen LogP contribution is -2.60. The Balaban J connectivity index is 1.57. The first-order valence-corrected chi connectivity index (χ1v) is 20.6. The maximum absolute atomic E-state index is 13.6. The maximum Gasteiger partial charge on any atom is 0.326 e. The van der Waals surface area contributed by atoms with E-state index in [0.717, 1.165) is 5.56 Å². The third kappa shape index (κ3) is 18.3. The first kappa shape index (κ1) is 51.5. The Morgan fingerprint density at radius 3 is 1.92 bits per heavy atom. The summed E-state index contributed by atoms with van der Waals surface area (Å²) in [5.41, 5.74) is 8.39. The number of benzene rings is 3. The standard InChI is InChI=1S/C45H59N7O12/c1-27(8-7-11-29-9-5-4-6-10-29)34(46)24-39(57)50-37(26-53)43(60)52-41(28(2)54)44(61)51-35(22-31-14-18-33(64-3)19-15-31)42(59)48-25-40(58)47-21-20-38(56)49-36(45(62)63)23-30-12-16-32(55)17-13-30/h4-7,9-19,27-28,34-37,41,53-55H,8,20-26,46H2,1-3H3,(H,47,58)(H,48,59)(H,49,56)(H,50,57)(H,51,61)(H,52,60)(H,62,63)/t27?,28?,34?,35-,36-,37-,41+/m1/s1.